The molecule has 20 heavy (non-hydrogen) atoms. The van der Waals surface area contributed by atoms with Crippen LogP contribution in [0.1, 0.15) is 19.8 Å². The number of carboxylic acids is 1. The van der Waals surface area contributed by atoms with E-state index in [0.29, 0.717) is 0 Å². The van der Waals surface area contributed by atoms with Crippen molar-refractivity contribution in [3.8, 4) is 0 Å². The van der Waals surface area contributed by atoms with Crippen LogP contribution in [-0.4, -0.2) is 23.5 Å². The number of rotatable bonds is 4. The molecule has 1 saturated carbocycles. The number of ketones is 1. The van der Waals surface area contributed by atoms with Gasteiger partial charge < -0.3 is 16.6 Å². The van der Waals surface area contributed by atoms with Crippen LogP contribution >= 0.6 is 0 Å². The van der Waals surface area contributed by atoms with Crippen LogP contribution in [0.25, 0.3) is 0 Å². The fraction of sp³-hybridized carbons (Fsp3) is 0.286. The minimum Gasteiger partial charge on any atom is -1.00 e. The summed E-state index contributed by atoms with van der Waals surface area (Å²) in [5.41, 5.74) is 0.513. The normalized spacial score (nSPS) is 19.1. The van der Waals surface area contributed by atoms with Crippen molar-refractivity contribution in [2.24, 2.45) is 0 Å². The van der Waals surface area contributed by atoms with Gasteiger partial charge in [-0.25, -0.2) is 4.79 Å². The summed E-state index contributed by atoms with van der Waals surface area (Å²) >= 11 is 0. The van der Waals surface area contributed by atoms with E-state index in [1.165, 1.54) is 0 Å². The molecule has 0 spiro atoms. The first-order chi connectivity index (χ1) is 9.12. The van der Waals surface area contributed by atoms with E-state index >= 15 is 0 Å². The molecule has 0 unspecified atom stereocenters. The summed E-state index contributed by atoms with van der Waals surface area (Å²) in [6.07, 6.45) is 1.79. The third-order valence-electron chi connectivity index (χ3n) is 3.50. The molecular formula is C14H14NNaO4. The van der Waals surface area contributed by atoms with E-state index in [9.17, 15) is 9.59 Å². The zero-order valence-electron chi connectivity index (χ0n) is 12.2. The van der Waals surface area contributed by atoms with Crippen molar-refractivity contribution in [2.75, 3.05) is 6.61 Å². The number of carbonyl (C=O) groups excluding carboxylic acids is 1. The Morgan fingerprint density at radius 1 is 1.30 bits per heavy atom. The first kappa shape index (κ1) is 15.1. The Hall–Kier alpha value is -1.30. The average Bonchev–Trinajstić information content (AvgIpc) is 3.09. The van der Waals surface area contributed by atoms with Gasteiger partial charge in [0.1, 0.15) is 0 Å². The standard InChI is InChI=1S/C14H13NO4.Na.H/c16-10-8-19-12(11(10)13(17)18)15-14(6-7-14)9-4-2-1-3-5-9;;/h1-5,15H,6-8H2,(H,17,18);;/q;+1;-1. The van der Waals surface area contributed by atoms with Gasteiger partial charge in [-0.2, -0.15) is 0 Å². The van der Waals surface area contributed by atoms with Crippen molar-refractivity contribution in [3.63, 3.8) is 0 Å². The molecule has 0 aromatic heterocycles. The second-order valence-electron chi connectivity index (χ2n) is 4.79. The van der Waals surface area contributed by atoms with Gasteiger partial charge in [-0.05, 0) is 18.4 Å². The summed E-state index contributed by atoms with van der Waals surface area (Å²) in [6, 6.07) is 9.77. The second-order valence-corrected chi connectivity index (χ2v) is 4.79. The number of benzene rings is 1. The summed E-state index contributed by atoms with van der Waals surface area (Å²) in [4.78, 5) is 22.5. The van der Waals surface area contributed by atoms with Crippen LogP contribution in [0.15, 0.2) is 41.8 Å². The second kappa shape index (κ2) is 5.60. The van der Waals surface area contributed by atoms with Gasteiger partial charge in [0.05, 0.1) is 5.54 Å². The largest absolute Gasteiger partial charge is 1.00 e. The van der Waals surface area contributed by atoms with E-state index in [1.54, 1.807) is 0 Å². The molecule has 5 nitrogen and oxygen atoms in total. The van der Waals surface area contributed by atoms with Gasteiger partial charge in [-0.3, -0.25) is 4.79 Å². The Labute approximate surface area is 139 Å². The molecule has 0 bridgehead atoms. The summed E-state index contributed by atoms with van der Waals surface area (Å²) < 4.78 is 5.17. The minimum atomic E-state index is -1.24. The van der Waals surface area contributed by atoms with Gasteiger partial charge in [0.15, 0.2) is 12.2 Å². The van der Waals surface area contributed by atoms with Crippen molar-refractivity contribution in [3.05, 3.63) is 47.4 Å². The molecule has 1 aromatic rings. The Morgan fingerprint density at radius 2 is 1.95 bits per heavy atom. The molecular weight excluding hydrogens is 269 g/mol. The fourth-order valence-corrected chi connectivity index (χ4v) is 2.31. The van der Waals surface area contributed by atoms with Crippen LogP contribution < -0.4 is 34.9 Å². The van der Waals surface area contributed by atoms with Gasteiger partial charge in [-0.1, -0.05) is 30.3 Å². The number of carboxylic acid groups (broad SMARTS) is 1. The van der Waals surface area contributed by atoms with Gasteiger partial charge in [0.25, 0.3) is 0 Å². The quantitative estimate of drug-likeness (QED) is 0.508. The number of ether oxygens (including phenoxy) is 1. The molecule has 1 heterocycles. The van der Waals surface area contributed by atoms with Crippen molar-refractivity contribution in [1.82, 2.24) is 5.32 Å². The SMILES string of the molecule is O=C(O)C1=C(NC2(c3ccccc3)CC2)OCC1=O.[H-].[Na+]. The maximum absolute atomic E-state index is 11.5. The number of carbonyl (C=O) groups is 2. The number of Topliss-reactive ketones (excluding diaryl/α,β-unsaturated/α-hetero) is 1. The predicted molar refractivity (Wildman–Crippen MR) is 67.2 cm³/mol. The van der Waals surface area contributed by atoms with Crippen LogP contribution in [-0.2, 0) is 19.9 Å². The Morgan fingerprint density at radius 3 is 2.50 bits per heavy atom. The Kier molecular flexibility index (Phi) is 4.22. The maximum atomic E-state index is 11.5. The van der Waals surface area contributed by atoms with Gasteiger partial charge in [0, 0.05) is 0 Å². The zero-order chi connectivity index (χ0) is 13.5. The van der Waals surface area contributed by atoms with Gasteiger partial charge in [0.2, 0.25) is 11.7 Å². The van der Waals surface area contributed by atoms with E-state index < -0.39 is 11.8 Å². The monoisotopic (exact) mass is 283 g/mol. The summed E-state index contributed by atoms with van der Waals surface area (Å²) in [6.45, 7) is -0.200. The summed E-state index contributed by atoms with van der Waals surface area (Å²) in [7, 11) is 0. The maximum Gasteiger partial charge on any atom is 1.00 e. The van der Waals surface area contributed by atoms with Crippen molar-refractivity contribution in [2.45, 2.75) is 18.4 Å². The van der Waals surface area contributed by atoms with Crippen LogP contribution in [0.4, 0.5) is 0 Å². The van der Waals surface area contributed by atoms with E-state index in [2.05, 4.69) is 5.32 Å². The molecule has 3 rings (SSSR count). The number of aliphatic carboxylic acids is 1. The fourth-order valence-electron chi connectivity index (χ4n) is 2.31. The van der Waals surface area contributed by atoms with Gasteiger partial charge >= 0.3 is 35.5 Å². The van der Waals surface area contributed by atoms with Crippen LogP contribution in [0.5, 0.6) is 0 Å². The van der Waals surface area contributed by atoms with E-state index in [4.69, 9.17) is 9.84 Å². The smallest absolute Gasteiger partial charge is 1.00 e. The minimum absolute atomic E-state index is 0. The third kappa shape index (κ3) is 2.61. The van der Waals surface area contributed by atoms with Crippen molar-refractivity contribution in [1.29, 1.82) is 0 Å². The molecule has 1 aliphatic carbocycles. The molecule has 6 heteroatoms. The summed E-state index contributed by atoms with van der Waals surface area (Å²) in [5.74, 6) is -1.63. The number of hydrogen-bond acceptors (Lipinski definition) is 4. The van der Waals surface area contributed by atoms with Crippen molar-refractivity contribution >= 4 is 11.8 Å². The molecule has 1 aromatic carbocycles. The van der Waals surface area contributed by atoms with Crippen LogP contribution in [0, 0.1) is 0 Å². The summed E-state index contributed by atoms with van der Waals surface area (Å²) in [5, 5.41) is 12.1. The molecule has 1 fully saturated rings. The number of hydrogen-bond donors (Lipinski definition) is 2. The molecule has 0 radical (unpaired) electrons. The predicted octanol–water partition coefficient (Wildman–Crippen LogP) is -1.72. The third-order valence-corrected chi connectivity index (χ3v) is 3.50. The molecule has 2 N–H and O–H groups in total. The van der Waals surface area contributed by atoms with Crippen molar-refractivity contribution < 1.29 is 50.4 Å². The van der Waals surface area contributed by atoms with E-state index in [-0.39, 0.29) is 54.6 Å². The van der Waals surface area contributed by atoms with Gasteiger partial charge in [-0.15, -0.1) is 0 Å². The Balaban J connectivity index is 0.00000110. The molecule has 0 amide bonds. The first-order valence-electron chi connectivity index (χ1n) is 6.10. The topological polar surface area (TPSA) is 75.6 Å². The zero-order valence-corrected chi connectivity index (χ0v) is 13.2. The molecule has 0 atom stereocenters. The average molecular weight is 283 g/mol. The first-order valence-corrected chi connectivity index (χ1v) is 6.10. The molecule has 100 valence electrons. The van der Waals surface area contributed by atoms with E-state index in [1.807, 2.05) is 30.3 Å². The van der Waals surface area contributed by atoms with Crippen LogP contribution in [0.3, 0.4) is 0 Å². The van der Waals surface area contributed by atoms with Crippen LogP contribution in [0.2, 0.25) is 0 Å². The number of nitrogens with one attached hydrogen (secondary N) is 1. The van der Waals surface area contributed by atoms with E-state index in [0.717, 1.165) is 18.4 Å². The Bertz CT molecular complexity index is 584. The molecule has 1 aliphatic heterocycles. The molecule has 0 saturated heterocycles. The molecule has 2 aliphatic rings.